The van der Waals surface area contributed by atoms with E-state index in [1.54, 1.807) is 29.9 Å². The van der Waals surface area contributed by atoms with E-state index in [0.717, 1.165) is 0 Å². The van der Waals surface area contributed by atoms with Gasteiger partial charge in [-0.05, 0) is 6.92 Å². The summed E-state index contributed by atoms with van der Waals surface area (Å²) >= 11 is 0. The van der Waals surface area contributed by atoms with Crippen molar-refractivity contribution in [3.63, 3.8) is 0 Å². The number of likely N-dealkylation sites (N-methyl/N-ethyl adjacent to an activating group) is 1. The molecule has 0 bridgehead atoms. The number of nitrogens with zero attached hydrogens (tertiary/aromatic N) is 3. The summed E-state index contributed by atoms with van der Waals surface area (Å²) in [5.41, 5.74) is 0.456. The Morgan fingerprint density at radius 3 is 2.74 bits per heavy atom. The molecule has 6 heteroatoms. The minimum absolute atomic E-state index is 0.106. The second-order valence-electron chi connectivity index (χ2n) is 5.30. The van der Waals surface area contributed by atoms with E-state index in [0.29, 0.717) is 43.9 Å². The first-order chi connectivity index (χ1) is 8.91. The standard InChI is InChI=1S/C13H21N3O3/c1-10-11(8-16(3)14-10)12(17)15(2)9-13(18)4-6-19-7-5-13/h8,18H,4-7,9H2,1-3H3. The Morgan fingerprint density at radius 2 is 2.21 bits per heavy atom. The van der Waals surface area contributed by atoms with Crippen LogP contribution >= 0.6 is 0 Å². The van der Waals surface area contributed by atoms with Crippen LogP contribution in [0.25, 0.3) is 0 Å². The second-order valence-corrected chi connectivity index (χ2v) is 5.30. The van der Waals surface area contributed by atoms with Crippen LogP contribution in [0.2, 0.25) is 0 Å². The third-order valence-electron chi connectivity index (χ3n) is 3.55. The van der Waals surface area contributed by atoms with Crippen molar-refractivity contribution < 1.29 is 14.6 Å². The van der Waals surface area contributed by atoms with Gasteiger partial charge in [0.25, 0.3) is 5.91 Å². The van der Waals surface area contributed by atoms with Crippen molar-refractivity contribution >= 4 is 5.91 Å². The van der Waals surface area contributed by atoms with Gasteiger partial charge in [-0.15, -0.1) is 0 Å². The number of amides is 1. The Labute approximate surface area is 113 Å². The van der Waals surface area contributed by atoms with Crippen molar-refractivity contribution in [2.75, 3.05) is 26.8 Å². The maximum Gasteiger partial charge on any atom is 0.257 e. The minimum atomic E-state index is -0.835. The molecule has 2 heterocycles. The Kier molecular flexibility index (Phi) is 3.91. The highest BCUT2D eigenvalue weighted by atomic mass is 16.5. The minimum Gasteiger partial charge on any atom is -0.388 e. The van der Waals surface area contributed by atoms with Crippen LogP contribution in [0.4, 0.5) is 0 Å². The molecule has 1 aliphatic rings. The van der Waals surface area contributed by atoms with Gasteiger partial charge in [-0.2, -0.15) is 5.10 Å². The van der Waals surface area contributed by atoms with E-state index >= 15 is 0 Å². The summed E-state index contributed by atoms with van der Waals surface area (Å²) in [6.07, 6.45) is 2.84. The van der Waals surface area contributed by atoms with Crippen molar-refractivity contribution in [2.45, 2.75) is 25.4 Å². The van der Waals surface area contributed by atoms with Crippen LogP contribution in [0.5, 0.6) is 0 Å². The van der Waals surface area contributed by atoms with Crippen LogP contribution in [0.15, 0.2) is 6.20 Å². The Balaban J connectivity index is 2.05. The lowest BCUT2D eigenvalue weighted by molar-refractivity contribution is -0.0734. The number of rotatable bonds is 3. The van der Waals surface area contributed by atoms with Crippen LogP contribution < -0.4 is 0 Å². The molecule has 0 spiro atoms. The average molecular weight is 267 g/mol. The van der Waals surface area contributed by atoms with Crippen LogP contribution in [0.1, 0.15) is 28.9 Å². The molecule has 1 aromatic heterocycles. The zero-order valence-electron chi connectivity index (χ0n) is 11.7. The largest absolute Gasteiger partial charge is 0.388 e. The fraction of sp³-hybridized carbons (Fsp3) is 0.692. The van der Waals surface area contributed by atoms with E-state index in [2.05, 4.69) is 5.10 Å². The average Bonchev–Trinajstić information content (AvgIpc) is 2.67. The Bertz CT molecular complexity index is 464. The zero-order valence-corrected chi connectivity index (χ0v) is 11.7. The third kappa shape index (κ3) is 3.13. The molecule has 1 amide bonds. The van der Waals surface area contributed by atoms with E-state index < -0.39 is 5.60 Å². The topological polar surface area (TPSA) is 67.6 Å². The summed E-state index contributed by atoms with van der Waals surface area (Å²) in [7, 11) is 3.50. The second kappa shape index (κ2) is 5.30. The summed E-state index contributed by atoms with van der Waals surface area (Å²) in [5.74, 6) is -0.106. The van der Waals surface area contributed by atoms with Crippen LogP contribution in [-0.4, -0.2) is 58.1 Å². The fourth-order valence-electron chi connectivity index (χ4n) is 2.44. The summed E-state index contributed by atoms with van der Waals surface area (Å²) in [4.78, 5) is 13.9. The van der Waals surface area contributed by atoms with Crippen LogP contribution in [0.3, 0.4) is 0 Å². The third-order valence-corrected chi connectivity index (χ3v) is 3.55. The molecule has 0 radical (unpaired) electrons. The van der Waals surface area contributed by atoms with Gasteiger partial charge in [0.05, 0.1) is 16.9 Å². The molecule has 6 nitrogen and oxygen atoms in total. The lowest BCUT2D eigenvalue weighted by Gasteiger charge is -2.35. The number of carbonyl (C=O) groups excluding carboxylic acids is 1. The fourth-order valence-corrected chi connectivity index (χ4v) is 2.44. The van der Waals surface area contributed by atoms with Crippen molar-refractivity contribution in [1.82, 2.24) is 14.7 Å². The summed E-state index contributed by atoms with van der Waals surface area (Å²) in [5, 5.41) is 14.6. The van der Waals surface area contributed by atoms with Crippen molar-refractivity contribution in [2.24, 2.45) is 7.05 Å². The zero-order chi connectivity index (χ0) is 14.0. The Morgan fingerprint density at radius 1 is 1.58 bits per heavy atom. The van der Waals surface area contributed by atoms with E-state index in [9.17, 15) is 9.90 Å². The smallest absolute Gasteiger partial charge is 0.257 e. The molecule has 19 heavy (non-hydrogen) atoms. The summed E-state index contributed by atoms with van der Waals surface area (Å²) < 4.78 is 6.86. The quantitative estimate of drug-likeness (QED) is 0.857. The van der Waals surface area contributed by atoms with Gasteiger partial charge >= 0.3 is 0 Å². The molecule has 106 valence electrons. The molecule has 1 aliphatic heterocycles. The summed E-state index contributed by atoms with van der Waals surface area (Å²) in [6, 6.07) is 0. The van der Waals surface area contributed by atoms with Crippen molar-refractivity contribution in [3.8, 4) is 0 Å². The molecule has 2 rings (SSSR count). The van der Waals surface area contributed by atoms with Gasteiger partial charge in [0, 0.05) is 52.9 Å². The highest BCUT2D eigenvalue weighted by Crippen LogP contribution is 2.22. The first-order valence-corrected chi connectivity index (χ1v) is 6.47. The van der Waals surface area contributed by atoms with E-state index in [-0.39, 0.29) is 5.91 Å². The number of hydrogen-bond donors (Lipinski definition) is 1. The molecule has 0 aromatic carbocycles. The highest BCUT2D eigenvalue weighted by Gasteiger charge is 2.33. The molecule has 0 unspecified atom stereocenters. The van der Waals surface area contributed by atoms with E-state index in [1.807, 2.05) is 6.92 Å². The molecule has 1 N–H and O–H groups in total. The van der Waals surface area contributed by atoms with Crippen LogP contribution in [0, 0.1) is 6.92 Å². The molecule has 1 aromatic rings. The molecule has 1 saturated heterocycles. The lowest BCUT2D eigenvalue weighted by atomic mass is 9.94. The molecular weight excluding hydrogens is 246 g/mol. The normalized spacial score (nSPS) is 18.3. The lowest BCUT2D eigenvalue weighted by Crippen LogP contribution is -2.47. The maximum absolute atomic E-state index is 12.3. The van der Waals surface area contributed by atoms with Gasteiger partial charge in [0.1, 0.15) is 0 Å². The van der Waals surface area contributed by atoms with Gasteiger partial charge in [0.2, 0.25) is 0 Å². The SMILES string of the molecule is Cc1nn(C)cc1C(=O)N(C)CC1(O)CCOCC1. The number of hydrogen-bond acceptors (Lipinski definition) is 4. The van der Waals surface area contributed by atoms with E-state index in [4.69, 9.17) is 4.74 Å². The number of aliphatic hydroxyl groups is 1. The van der Waals surface area contributed by atoms with Gasteiger partial charge in [0.15, 0.2) is 0 Å². The number of aryl methyl sites for hydroxylation is 2. The number of aromatic nitrogens is 2. The van der Waals surface area contributed by atoms with Gasteiger partial charge in [-0.1, -0.05) is 0 Å². The maximum atomic E-state index is 12.3. The van der Waals surface area contributed by atoms with Gasteiger partial charge in [-0.25, -0.2) is 0 Å². The monoisotopic (exact) mass is 267 g/mol. The van der Waals surface area contributed by atoms with Crippen molar-refractivity contribution in [1.29, 1.82) is 0 Å². The predicted octanol–water partition coefficient (Wildman–Crippen LogP) is 0.342. The van der Waals surface area contributed by atoms with Crippen LogP contribution in [-0.2, 0) is 11.8 Å². The molecule has 0 aliphatic carbocycles. The molecular formula is C13H21N3O3. The summed E-state index contributed by atoms with van der Waals surface area (Å²) in [6.45, 7) is 3.22. The molecule has 0 atom stereocenters. The number of carbonyl (C=O) groups is 1. The highest BCUT2D eigenvalue weighted by molar-refractivity contribution is 5.94. The Hall–Kier alpha value is -1.40. The van der Waals surface area contributed by atoms with Crippen molar-refractivity contribution in [3.05, 3.63) is 17.5 Å². The molecule has 0 saturated carbocycles. The van der Waals surface area contributed by atoms with E-state index in [1.165, 1.54) is 0 Å². The predicted molar refractivity (Wildman–Crippen MR) is 69.9 cm³/mol. The number of ether oxygens (including phenoxy) is 1. The first kappa shape index (κ1) is 14.0. The first-order valence-electron chi connectivity index (χ1n) is 6.47. The molecule has 1 fully saturated rings. The van der Waals surface area contributed by atoms with Gasteiger partial charge in [-0.3, -0.25) is 9.48 Å². The van der Waals surface area contributed by atoms with Gasteiger partial charge < -0.3 is 14.7 Å².